The second-order valence-electron chi connectivity index (χ2n) is 3.35. The lowest BCUT2D eigenvalue weighted by Gasteiger charge is -2.08. The molecule has 0 aromatic heterocycles. The van der Waals surface area contributed by atoms with E-state index in [0.29, 0.717) is 17.4 Å². The summed E-state index contributed by atoms with van der Waals surface area (Å²) in [7, 11) is 0. The van der Waals surface area contributed by atoms with Gasteiger partial charge in [-0.1, -0.05) is 57.9 Å². The molecule has 2 aromatic carbocycles. The van der Waals surface area contributed by atoms with Crippen LogP contribution in [0.1, 0.15) is 5.56 Å². The average molecular weight is 298 g/mol. The van der Waals surface area contributed by atoms with Crippen molar-refractivity contribution in [1.29, 1.82) is 0 Å². The van der Waals surface area contributed by atoms with Crippen LogP contribution < -0.4 is 4.74 Å². The van der Waals surface area contributed by atoms with Crippen molar-refractivity contribution < 1.29 is 4.74 Å². The molecule has 0 unspecified atom stereocenters. The molecule has 0 aliphatic heterocycles. The topological polar surface area (TPSA) is 9.23 Å². The third-order valence-corrected chi connectivity index (χ3v) is 2.94. The zero-order valence-corrected chi connectivity index (χ0v) is 10.8. The Hall–Kier alpha value is -0.990. The molecule has 0 amide bonds. The van der Waals surface area contributed by atoms with Gasteiger partial charge >= 0.3 is 0 Å². The van der Waals surface area contributed by atoms with E-state index < -0.39 is 0 Å². The van der Waals surface area contributed by atoms with E-state index in [1.165, 1.54) is 0 Å². The molecule has 3 heteroatoms. The lowest BCUT2D eigenvalue weighted by molar-refractivity contribution is 0.306. The van der Waals surface area contributed by atoms with Crippen LogP contribution in [0.25, 0.3) is 0 Å². The SMILES string of the molecule is Clc1ccc(Br)cc1OCc1ccccc1. The van der Waals surface area contributed by atoms with E-state index in [1.807, 2.05) is 48.5 Å². The molecule has 0 aliphatic rings. The van der Waals surface area contributed by atoms with Gasteiger partial charge in [0, 0.05) is 4.47 Å². The van der Waals surface area contributed by atoms with E-state index in [-0.39, 0.29) is 0 Å². The van der Waals surface area contributed by atoms with Crippen molar-refractivity contribution in [2.45, 2.75) is 6.61 Å². The molecule has 0 aliphatic carbocycles. The summed E-state index contributed by atoms with van der Waals surface area (Å²) in [6, 6.07) is 15.6. The summed E-state index contributed by atoms with van der Waals surface area (Å²) >= 11 is 9.40. The minimum absolute atomic E-state index is 0.525. The normalized spacial score (nSPS) is 10.1. The highest BCUT2D eigenvalue weighted by Crippen LogP contribution is 2.28. The zero-order valence-electron chi connectivity index (χ0n) is 8.49. The van der Waals surface area contributed by atoms with E-state index in [2.05, 4.69) is 15.9 Å². The Morgan fingerprint density at radius 1 is 1.06 bits per heavy atom. The summed E-state index contributed by atoms with van der Waals surface area (Å²) in [5, 5.41) is 0.624. The fraction of sp³-hybridized carbons (Fsp3) is 0.0769. The maximum Gasteiger partial charge on any atom is 0.139 e. The first kappa shape index (κ1) is 11.5. The molecule has 0 saturated carbocycles. The molecule has 16 heavy (non-hydrogen) atoms. The molecule has 2 rings (SSSR count). The van der Waals surface area contributed by atoms with Crippen molar-refractivity contribution in [3.05, 3.63) is 63.6 Å². The minimum atomic E-state index is 0.525. The predicted octanol–water partition coefficient (Wildman–Crippen LogP) is 4.68. The molecule has 1 nitrogen and oxygen atoms in total. The molecule has 0 spiro atoms. The van der Waals surface area contributed by atoms with Crippen molar-refractivity contribution in [2.24, 2.45) is 0 Å². The Balaban J connectivity index is 2.08. The van der Waals surface area contributed by atoms with Crippen LogP contribution in [0.15, 0.2) is 53.0 Å². The summed E-state index contributed by atoms with van der Waals surface area (Å²) in [4.78, 5) is 0. The van der Waals surface area contributed by atoms with Crippen molar-refractivity contribution >= 4 is 27.5 Å². The van der Waals surface area contributed by atoms with E-state index in [1.54, 1.807) is 0 Å². The Kier molecular flexibility index (Phi) is 3.86. The Morgan fingerprint density at radius 3 is 2.56 bits per heavy atom. The maximum absolute atomic E-state index is 6.02. The lowest BCUT2D eigenvalue weighted by Crippen LogP contribution is -1.95. The summed E-state index contributed by atoms with van der Waals surface area (Å²) in [5.74, 6) is 0.694. The van der Waals surface area contributed by atoms with Gasteiger partial charge in [-0.25, -0.2) is 0 Å². The molecule has 0 N–H and O–H groups in total. The van der Waals surface area contributed by atoms with Gasteiger partial charge in [-0.05, 0) is 23.8 Å². The fourth-order valence-electron chi connectivity index (χ4n) is 1.32. The molecular formula is C13H10BrClO. The van der Waals surface area contributed by atoms with Crippen LogP contribution >= 0.6 is 27.5 Å². The molecule has 0 bridgehead atoms. The predicted molar refractivity (Wildman–Crippen MR) is 69.9 cm³/mol. The van der Waals surface area contributed by atoms with Gasteiger partial charge in [0.1, 0.15) is 12.4 Å². The molecule has 82 valence electrons. The molecular weight excluding hydrogens is 287 g/mol. The van der Waals surface area contributed by atoms with E-state index in [0.717, 1.165) is 10.0 Å². The van der Waals surface area contributed by atoms with Crippen LogP contribution in [0.3, 0.4) is 0 Å². The van der Waals surface area contributed by atoms with Crippen LogP contribution in [0.5, 0.6) is 5.75 Å². The van der Waals surface area contributed by atoms with Gasteiger partial charge in [-0.2, -0.15) is 0 Å². The third-order valence-electron chi connectivity index (χ3n) is 2.13. The standard InChI is InChI=1S/C13H10BrClO/c14-11-6-7-12(15)13(8-11)16-9-10-4-2-1-3-5-10/h1-8H,9H2. The number of benzene rings is 2. The van der Waals surface area contributed by atoms with Crippen molar-refractivity contribution in [1.82, 2.24) is 0 Å². The average Bonchev–Trinajstić information content (AvgIpc) is 2.32. The van der Waals surface area contributed by atoms with Crippen molar-refractivity contribution in [3.63, 3.8) is 0 Å². The van der Waals surface area contributed by atoms with Crippen molar-refractivity contribution in [2.75, 3.05) is 0 Å². The molecule has 0 atom stereocenters. The number of ether oxygens (including phenoxy) is 1. The highest BCUT2D eigenvalue weighted by atomic mass is 79.9. The summed E-state index contributed by atoms with van der Waals surface area (Å²) in [6.07, 6.45) is 0. The smallest absolute Gasteiger partial charge is 0.139 e. The van der Waals surface area contributed by atoms with Gasteiger partial charge in [0.25, 0.3) is 0 Å². The largest absolute Gasteiger partial charge is 0.487 e. The monoisotopic (exact) mass is 296 g/mol. The van der Waals surface area contributed by atoms with Gasteiger partial charge < -0.3 is 4.74 Å². The summed E-state index contributed by atoms with van der Waals surface area (Å²) in [6.45, 7) is 0.525. The summed E-state index contributed by atoms with van der Waals surface area (Å²) < 4.78 is 6.60. The van der Waals surface area contributed by atoms with E-state index >= 15 is 0 Å². The first-order valence-corrected chi connectivity index (χ1v) is 6.04. The third kappa shape index (κ3) is 3.00. The molecule has 0 fully saturated rings. The molecule has 0 saturated heterocycles. The fourth-order valence-corrected chi connectivity index (χ4v) is 1.84. The number of hydrogen-bond donors (Lipinski definition) is 0. The van der Waals surface area contributed by atoms with Crippen LogP contribution in [0.4, 0.5) is 0 Å². The molecule has 2 aromatic rings. The van der Waals surface area contributed by atoms with Crippen molar-refractivity contribution in [3.8, 4) is 5.75 Å². The number of hydrogen-bond acceptors (Lipinski definition) is 1. The molecule has 0 radical (unpaired) electrons. The highest BCUT2D eigenvalue weighted by Gasteiger charge is 2.02. The Morgan fingerprint density at radius 2 is 1.81 bits per heavy atom. The first-order valence-electron chi connectivity index (χ1n) is 4.87. The van der Waals surface area contributed by atoms with Crippen LogP contribution in [-0.2, 0) is 6.61 Å². The van der Waals surface area contributed by atoms with E-state index in [4.69, 9.17) is 16.3 Å². The van der Waals surface area contributed by atoms with Gasteiger partial charge in [0.15, 0.2) is 0 Å². The Bertz CT molecular complexity index is 471. The van der Waals surface area contributed by atoms with Gasteiger partial charge in [0.05, 0.1) is 5.02 Å². The van der Waals surface area contributed by atoms with Crippen LogP contribution in [-0.4, -0.2) is 0 Å². The quantitative estimate of drug-likeness (QED) is 0.799. The van der Waals surface area contributed by atoms with E-state index in [9.17, 15) is 0 Å². The van der Waals surface area contributed by atoms with Crippen LogP contribution in [0.2, 0.25) is 5.02 Å². The number of rotatable bonds is 3. The van der Waals surface area contributed by atoms with Gasteiger partial charge in [0.2, 0.25) is 0 Å². The zero-order chi connectivity index (χ0) is 11.4. The summed E-state index contributed by atoms with van der Waals surface area (Å²) in [5.41, 5.74) is 1.12. The second kappa shape index (κ2) is 5.37. The molecule has 0 heterocycles. The Labute approximate surface area is 108 Å². The minimum Gasteiger partial charge on any atom is -0.487 e. The van der Waals surface area contributed by atoms with Crippen LogP contribution in [0, 0.1) is 0 Å². The maximum atomic E-state index is 6.02. The second-order valence-corrected chi connectivity index (χ2v) is 4.67. The highest BCUT2D eigenvalue weighted by molar-refractivity contribution is 9.10. The lowest BCUT2D eigenvalue weighted by atomic mass is 10.2. The number of halogens is 2. The first-order chi connectivity index (χ1) is 7.75. The van der Waals surface area contributed by atoms with Gasteiger partial charge in [-0.3, -0.25) is 0 Å². The van der Waals surface area contributed by atoms with Gasteiger partial charge in [-0.15, -0.1) is 0 Å².